The van der Waals surface area contributed by atoms with Gasteiger partial charge in [-0.2, -0.15) is 13.6 Å². The maximum atomic E-state index is 14.3. The number of nitrogens with two attached hydrogens (primary N) is 1. The molecule has 7 atom stereocenters. The van der Waals surface area contributed by atoms with Crippen molar-refractivity contribution in [2.24, 2.45) is 0 Å². The van der Waals surface area contributed by atoms with Crippen LogP contribution in [0.2, 0.25) is 0 Å². The van der Waals surface area contributed by atoms with E-state index in [1.165, 1.54) is 0 Å². The third kappa shape index (κ3) is 6.45. The molecule has 1 saturated heterocycles. The van der Waals surface area contributed by atoms with Crippen molar-refractivity contribution in [2.75, 3.05) is 5.73 Å². The zero-order valence-electron chi connectivity index (χ0n) is 14.2. The normalized spacial score (nSPS) is 29.8. The minimum Gasteiger partial charge on any atom is -0.387 e. The third-order valence-corrected chi connectivity index (χ3v) is 7.10. The van der Waals surface area contributed by atoms with Crippen molar-refractivity contribution in [2.45, 2.75) is 30.9 Å². The number of nitrogen functional groups attached to an aromatic ring is 1. The van der Waals surface area contributed by atoms with E-state index in [1.54, 1.807) is 0 Å². The Morgan fingerprint density at radius 2 is 1.73 bits per heavy atom. The highest BCUT2D eigenvalue weighted by molar-refractivity contribution is 7.66. The number of aliphatic hydroxyl groups is 2. The van der Waals surface area contributed by atoms with Crippen LogP contribution in [0.4, 0.5) is 10.2 Å². The number of hydrogen-bond donors (Lipinski definition) is 7. The van der Waals surface area contributed by atoms with Gasteiger partial charge in [0.2, 0.25) is 6.36 Å². The SMILES string of the molecule is Nc1ccn([C@@H]2O[C@H](C(F)OP(=O)(O)OP(=O)(O)OP(=O)(O)O)[C@@H](O)[C@H]2O)c(=O)n1. The number of hydrogen-bond acceptors (Lipinski definition) is 12. The van der Waals surface area contributed by atoms with Gasteiger partial charge in [-0.1, -0.05) is 0 Å². The van der Waals surface area contributed by atoms with Gasteiger partial charge in [0.15, 0.2) is 6.23 Å². The minimum absolute atomic E-state index is 0.197. The summed E-state index contributed by atoms with van der Waals surface area (Å²) in [6.45, 7) is 0. The van der Waals surface area contributed by atoms with Crippen molar-refractivity contribution >= 4 is 29.3 Å². The number of aliphatic hydroxyl groups excluding tert-OH is 2. The average molecular weight is 501 g/mol. The first kappa shape index (κ1) is 25.2. The van der Waals surface area contributed by atoms with E-state index >= 15 is 0 Å². The molecule has 21 heteroatoms. The fourth-order valence-electron chi connectivity index (χ4n) is 2.24. The summed E-state index contributed by atoms with van der Waals surface area (Å²) in [6.07, 6.45) is -10.2. The number of halogens is 1. The van der Waals surface area contributed by atoms with E-state index in [9.17, 15) is 38.0 Å². The van der Waals surface area contributed by atoms with Crippen LogP contribution in [0.15, 0.2) is 17.1 Å². The molecule has 1 aliphatic heterocycles. The molecular formula is C9H15FN3O14P3. The van der Waals surface area contributed by atoms with Crippen LogP contribution >= 0.6 is 23.5 Å². The van der Waals surface area contributed by atoms with Gasteiger partial charge in [-0.3, -0.25) is 4.57 Å². The Labute approximate surface area is 164 Å². The molecule has 0 spiro atoms. The fraction of sp³-hybridized carbons (Fsp3) is 0.556. The Hall–Kier alpha value is -1.10. The molecule has 0 radical (unpaired) electrons. The Balaban J connectivity index is 2.13. The lowest BCUT2D eigenvalue weighted by atomic mass is 10.1. The van der Waals surface area contributed by atoms with Crippen molar-refractivity contribution in [1.29, 1.82) is 0 Å². The smallest absolute Gasteiger partial charge is 0.387 e. The second kappa shape index (κ2) is 8.80. The van der Waals surface area contributed by atoms with Crippen molar-refractivity contribution in [1.82, 2.24) is 9.55 Å². The van der Waals surface area contributed by atoms with Crippen LogP contribution in [0.25, 0.3) is 0 Å². The van der Waals surface area contributed by atoms with Crippen LogP contribution in [-0.4, -0.2) is 64.0 Å². The highest BCUT2D eigenvalue weighted by Crippen LogP contribution is 2.66. The van der Waals surface area contributed by atoms with Crippen LogP contribution in [0.3, 0.4) is 0 Å². The minimum atomic E-state index is -5.91. The largest absolute Gasteiger partial charge is 0.490 e. The van der Waals surface area contributed by atoms with Gasteiger partial charge in [-0.05, 0) is 6.07 Å². The third-order valence-electron chi connectivity index (χ3n) is 3.31. The van der Waals surface area contributed by atoms with Crippen LogP contribution in [0, 0.1) is 0 Å². The lowest BCUT2D eigenvalue weighted by Crippen LogP contribution is -2.38. The lowest BCUT2D eigenvalue weighted by molar-refractivity contribution is -0.126. The first-order valence-corrected chi connectivity index (χ1v) is 11.9. The van der Waals surface area contributed by atoms with E-state index < -0.39 is 60.1 Å². The molecule has 3 unspecified atom stereocenters. The number of ether oxygens (including phenoxy) is 1. The number of phosphoric ester groups is 1. The first-order valence-electron chi connectivity index (χ1n) is 7.34. The molecule has 0 saturated carbocycles. The zero-order chi connectivity index (χ0) is 23.1. The molecule has 17 nitrogen and oxygen atoms in total. The molecule has 0 bridgehead atoms. The summed E-state index contributed by atoms with van der Waals surface area (Å²) in [5.74, 6) is -0.197. The van der Waals surface area contributed by atoms with E-state index in [-0.39, 0.29) is 5.82 Å². The Morgan fingerprint density at radius 3 is 2.27 bits per heavy atom. The van der Waals surface area contributed by atoms with Gasteiger partial charge in [0.1, 0.15) is 24.1 Å². The topological polar surface area (TPSA) is 270 Å². The van der Waals surface area contributed by atoms with Gasteiger partial charge in [0.25, 0.3) is 0 Å². The lowest BCUT2D eigenvalue weighted by Gasteiger charge is -2.22. The Kier molecular flexibility index (Phi) is 7.38. The van der Waals surface area contributed by atoms with Crippen LogP contribution in [0.5, 0.6) is 0 Å². The van der Waals surface area contributed by atoms with E-state index in [0.717, 1.165) is 12.3 Å². The Bertz CT molecular complexity index is 983. The summed E-state index contributed by atoms with van der Waals surface area (Å²) >= 11 is 0. The summed E-state index contributed by atoms with van der Waals surface area (Å²) in [5.41, 5.74) is 4.23. The molecule has 1 fully saturated rings. The van der Waals surface area contributed by atoms with Gasteiger partial charge in [0.05, 0.1) is 0 Å². The second-order valence-electron chi connectivity index (χ2n) is 5.56. The summed E-state index contributed by atoms with van der Waals surface area (Å²) in [6, 6.07) is 1.11. The quantitative estimate of drug-likeness (QED) is 0.191. The molecule has 0 amide bonds. The van der Waals surface area contributed by atoms with Gasteiger partial charge < -0.3 is 40.3 Å². The number of rotatable bonds is 8. The van der Waals surface area contributed by atoms with E-state index in [0.29, 0.717) is 4.57 Å². The van der Waals surface area contributed by atoms with Crippen LogP contribution in [-0.2, 0) is 31.6 Å². The highest BCUT2D eigenvalue weighted by Gasteiger charge is 2.51. The maximum absolute atomic E-state index is 14.3. The van der Waals surface area contributed by atoms with E-state index in [4.69, 9.17) is 25.2 Å². The molecule has 2 heterocycles. The first-order chi connectivity index (χ1) is 13.5. The zero-order valence-corrected chi connectivity index (χ0v) is 16.9. The number of alkyl halides is 1. The van der Waals surface area contributed by atoms with Gasteiger partial charge in [-0.15, -0.1) is 0 Å². The van der Waals surface area contributed by atoms with Crippen molar-refractivity contribution < 1.29 is 65.8 Å². The molecule has 1 aromatic rings. The van der Waals surface area contributed by atoms with Gasteiger partial charge in [-0.25, -0.2) is 27.4 Å². The number of nitrogens with zero attached hydrogens (tertiary/aromatic N) is 2. The molecule has 1 aliphatic rings. The molecule has 2 rings (SSSR count). The summed E-state index contributed by atoms with van der Waals surface area (Å²) < 4.78 is 63.9. The van der Waals surface area contributed by atoms with Crippen LogP contribution < -0.4 is 11.4 Å². The molecule has 0 aromatic carbocycles. The Morgan fingerprint density at radius 1 is 1.13 bits per heavy atom. The number of phosphoric acid groups is 3. The van der Waals surface area contributed by atoms with Crippen molar-refractivity contribution in [3.05, 3.63) is 22.7 Å². The maximum Gasteiger partial charge on any atom is 0.490 e. The summed E-state index contributed by atoms with van der Waals surface area (Å²) in [5, 5.41) is 19.9. The van der Waals surface area contributed by atoms with Crippen molar-refractivity contribution in [3.8, 4) is 0 Å². The van der Waals surface area contributed by atoms with E-state index in [2.05, 4.69) is 18.1 Å². The van der Waals surface area contributed by atoms with Crippen LogP contribution in [0.1, 0.15) is 6.23 Å². The van der Waals surface area contributed by atoms with Gasteiger partial charge in [0, 0.05) is 6.20 Å². The van der Waals surface area contributed by atoms with E-state index in [1.807, 2.05) is 0 Å². The summed E-state index contributed by atoms with van der Waals surface area (Å²) in [4.78, 5) is 50.3. The molecule has 0 aliphatic carbocycles. The number of aromatic nitrogens is 2. The predicted molar refractivity (Wildman–Crippen MR) is 88.7 cm³/mol. The summed E-state index contributed by atoms with van der Waals surface area (Å²) in [7, 11) is -17.5. The monoisotopic (exact) mass is 501 g/mol. The molecule has 30 heavy (non-hydrogen) atoms. The molecule has 8 N–H and O–H groups in total. The molecular weight excluding hydrogens is 486 g/mol. The standard InChI is InChI=1S/C9H15FN3O14P3/c10-7(25-29(20,21)27-30(22,23)26-28(17,18)19)6-4(14)5(15)8(24-6)13-2-1-3(11)12-9(13)16/h1-2,4-8,14-15H,(H,20,21)(H,22,23)(H2,11,12,16)(H2,17,18,19)/t4-,5+,6-,7?,8+/m0/s1. The number of anilines is 1. The molecule has 1 aromatic heterocycles. The fourth-order valence-corrected chi connectivity index (χ4v) is 5.27. The van der Waals surface area contributed by atoms with Crippen molar-refractivity contribution in [3.63, 3.8) is 0 Å². The molecule has 172 valence electrons. The highest BCUT2D eigenvalue weighted by atomic mass is 31.3. The second-order valence-corrected chi connectivity index (χ2v) is 9.93. The predicted octanol–water partition coefficient (Wildman–Crippen LogP) is -1.92. The average Bonchev–Trinajstić information content (AvgIpc) is 2.79. The van der Waals surface area contributed by atoms with Gasteiger partial charge >= 0.3 is 29.2 Å².